The van der Waals surface area contributed by atoms with Crippen LogP contribution in [0.5, 0.6) is 11.9 Å². The normalized spacial score (nSPS) is 22.1. The second-order valence-electron chi connectivity index (χ2n) is 7.65. The molecular weight excluding hydrogens is 382 g/mol. The van der Waals surface area contributed by atoms with Crippen LogP contribution in [0.1, 0.15) is 25.7 Å². The van der Waals surface area contributed by atoms with E-state index in [1.807, 2.05) is 6.07 Å². The van der Waals surface area contributed by atoms with Gasteiger partial charge in [0, 0.05) is 31.2 Å². The van der Waals surface area contributed by atoms with E-state index in [0.717, 1.165) is 68.7 Å². The molecule has 0 radical (unpaired) electrons. The Morgan fingerprint density at radius 3 is 2.37 bits per heavy atom. The summed E-state index contributed by atoms with van der Waals surface area (Å²) in [6, 6.07) is 8.43. The highest BCUT2D eigenvalue weighted by Crippen LogP contribution is 2.27. The van der Waals surface area contributed by atoms with Gasteiger partial charge in [-0.2, -0.15) is 0 Å². The molecule has 8 nitrogen and oxygen atoms in total. The molecule has 0 bridgehead atoms. The molecule has 0 unspecified atom stereocenters. The Labute approximate surface area is 175 Å². The van der Waals surface area contributed by atoms with Gasteiger partial charge in [-0.05, 0) is 49.9 Å². The number of morpholine rings is 1. The van der Waals surface area contributed by atoms with Crippen LogP contribution in [0.2, 0.25) is 0 Å². The van der Waals surface area contributed by atoms with Gasteiger partial charge in [-0.15, -0.1) is 0 Å². The highest BCUT2D eigenvalue weighted by atomic mass is 16.5. The fourth-order valence-corrected chi connectivity index (χ4v) is 3.99. The van der Waals surface area contributed by atoms with Crippen LogP contribution < -0.4 is 14.4 Å². The van der Waals surface area contributed by atoms with E-state index in [0.29, 0.717) is 11.9 Å². The summed E-state index contributed by atoms with van der Waals surface area (Å²) in [6.07, 6.45) is 9.01. The van der Waals surface area contributed by atoms with Crippen LogP contribution in [0.4, 0.5) is 5.69 Å². The van der Waals surface area contributed by atoms with Gasteiger partial charge in [-0.25, -0.2) is 19.9 Å². The average Bonchev–Trinajstić information content (AvgIpc) is 2.81. The van der Waals surface area contributed by atoms with Crippen molar-refractivity contribution >= 4 is 16.7 Å². The first kappa shape index (κ1) is 19.0. The minimum absolute atomic E-state index is 0.126. The monoisotopic (exact) mass is 407 g/mol. The summed E-state index contributed by atoms with van der Waals surface area (Å²) >= 11 is 0. The number of hydrogen-bond donors (Lipinski definition) is 0. The molecule has 0 N–H and O–H groups in total. The van der Waals surface area contributed by atoms with Crippen molar-refractivity contribution in [2.24, 2.45) is 0 Å². The summed E-state index contributed by atoms with van der Waals surface area (Å²) < 4.78 is 17.4. The number of fused-ring (bicyclic) bond motifs is 1. The largest absolute Gasteiger partial charge is 0.473 e. The summed E-state index contributed by atoms with van der Waals surface area (Å²) in [5.41, 5.74) is 2.89. The molecule has 156 valence electrons. The molecular formula is C22H25N5O3. The molecule has 8 heteroatoms. The third-order valence-corrected chi connectivity index (χ3v) is 5.60. The Morgan fingerprint density at radius 2 is 1.60 bits per heavy atom. The van der Waals surface area contributed by atoms with E-state index in [9.17, 15) is 0 Å². The van der Waals surface area contributed by atoms with Crippen molar-refractivity contribution in [1.82, 2.24) is 19.9 Å². The smallest absolute Gasteiger partial charge is 0.316 e. The van der Waals surface area contributed by atoms with Crippen LogP contribution in [0, 0.1) is 0 Å². The van der Waals surface area contributed by atoms with Gasteiger partial charge in [0.2, 0.25) is 5.88 Å². The van der Waals surface area contributed by atoms with Crippen LogP contribution in [0.25, 0.3) is 11.0 Å². The van der Waals surface area contributed by atoms with Crippen molar-refractivity contribution < 1.29 is 14.2 Å². The third-order valence-electron chi connectivity index (χ3n) is 5.60. The van der Waals surface area contributed by atoms with E-state index in [1.165, 1.54) is 0 Å². The summed E-state index contributed by atoms with van der Waals surface area (Å²) in [4.78, 5) is 19.8. The lowest BCUT2D eigenvalue weighted by molar-refractivity contribution is 0.0725. The Balaban J connectivity index is 1.18. The van der Waals surface area contributed by atoms with Crippen molar-refractivity contribution in [3.63, 3.8) is 0 Å². The summed E-state index contributed by atoms with van der Waals surface area (Å²) in [6.45, 7) is 3.34. The first-order valence-corrected chi connectivity index (χ1v) is 10.5. The SMILES string of the molecule is c1cnc(O[C@H]2CC[C@H](Oc3cnc4cc(N5CCOCC5)ccc4n3)CC2)nc1. The van der Waals surface area contributed by atoms with Gasteiger partial charge in [0.15, 0.2) is 0 Å². The number of rotatable bonds is 5. The van der Waals surface area contributed by atoms with E-state index in [2.05, 4.69) is 37.0 Å². The van der Waals surface area contributed by atoms with Gasteiger partial charge < -0.3 is 19.1 Å². The molecule has 2 aliphatic rings. The molecule has 30 heavy (non-hydrogen) atoms. The summed E-state index contributed by atoms with van der Waals surface area (Å²) in [5.74, 6) is 0.581. The fourth-order valence-electron chi connectivity index (χ4n) is 3.99. The predicted octanol–water partition coefficient (Wildman–Crippen LogP) is 3.03. The molecule has 0 atom stereocenters. The predicted molar refractivity (Wildman–Crippen MR) is 112 cm³/mol. The maximum Gasteiger partial charge on any atom is 0.316 e. The maximum atomic E-state index is 6.12. The lowest BCUT2D eigenvalue weighted by atomic mass is 9.95. The fraction of sp³-hybridized carbons (Fsp3) is 0.455. The van der Waals surface area contributed by atoms with Gasteiger partial charge in [-0.1, -0.05) is 0 Å². The maximum absolute atomic E-state index is 6.12. The van der Waals surface area contributed by atoms with E-state index in [-0.39, 0.29) is 12.2 Å². The molecule has 3 heterocycles. The Morgan fingerprint density at radius 1 is 0.867 bits per heavy atom. The molecule has 1 saturated heterocycles. The minimum Gasteiger partial charge on any atom is -0.473 e. The Bertz CT molecular complexity index is 973. The van der Waals surface area contributed by atoms with Crippen LogP contribution in [-0.4, -0.2) is 58.4 Å². The molecule has 0 amide bonds. The van der Waals surface area contributed by atoms with E-state index in [4.69, 9.17) is 14.2 Å². The molecule has 2 fully saturated rings. The Hall–Kier alpha value is -3.00. The lowest BCUT2D eigenvalue weighted by Crippen LogP contribution is -2.36. The lowest BCUT2D eigenvalue weighted by Gasteiger charge is -2.29. The van der Waals surface area contributed by atoms with Crippen molar-refractivity contribution in [3.05, 3.63) is 42.9 Å². The number of aromatic nitrogens is 4. The highest BCUT2D eigenvalue weighted by molar-refractivity contribution is 5.79. The molecule has 1 aliphatic carbocycles. The number of hydrogen-bond acceptors (Lipinski definition) is 8. The van der Waals surface area contributed by atoms with Crippen LogP contribution in [0.15, 0.2) is 42.9 Å². The zero-order valence-electron chi connectivity index (χ0n) is 16.8. The van der Waals surface area contributed by atoms with Gasteiger partial charge in [0.05, 0.1) is 30.4 Å². The average molecular weight is 407 g/mol. The van der Waals surface area contributed by atoms with Crippen molar-refractivity contribution in [3.8, 4) is 11.9 Å². The molecule has 3 aromatic rings. The Kier molecular flexibility index (Phi) is 5.56. The van der Waals surface area contributed by atoms with Crippen LogP contribution >= 0.6 is 0 Å². The van der Waals surface area contributed by atoms with Crippen molar-refractivity contribution in [1.29, 1.82) is 0 Å². The standard InChI is InChI=1S/C22H25N5O3/c1-8-23-22(24-9-1)30-18-5-3-17(4-6-18)29-21-15-25-20-14-16(2-7-19(20)26-21)27-10-12-28-13-11-27/h1-2,7-9,14-15,17-18H,3-6,10-13H2/t17-,18-. The second kappa shape index (κ2) is 8.79. The van der Waals surface area contributed by atoms with E-state index in [1.54, 1.807) is 24.7 Å². The first-order chi connectivity index (χ1) is 14.8. The minimum atomic E-state index is 0.126. The molecule has 0 spiro atoms. The van der Waals surface area contributed by atoms with Crippen molar-refractivity contribution in [2.75, 3.05) is 31.2 Å². The highest BCUT2D eigenvalue weighted by Gasteiger charge is 2.25. The number of benzene rings is 1. The van der Waals surface area contributed by atoms with Gasteiger partial charge in [0.1, 0.15) is 12.2 Å². The van der Waals surface area contributed by atoms with Crippen LogP contribution in [0.3, 0.4) is 0 Å². The van der Waals surface area contributed by atoms with Gasteiger partial charge >= 0.3 is 6.01 Å². The van der Waals surface area contributed by atoms with E-state index < -0.39 is 0 Å². The number of anilines is 1. The first-order valence-electron chi connectivity index (χ1n) is 10.5. The molecule has 5 rings (SSSR count). The zero-order chi connectivity index (χ0) is 20.2. The second-order valence-corrected chi connectivity index (χ2v) is 7.65. The number of nitrogens with zero attached hydrogens (tertiary/aromatic N) is 5. The number of ether oxygens (including phenoxy) is 3. The molecule has 1 saturated carbocycles. The third kappa shape index (κ3) is 4.43. The van der Waals surface area contributed by atoms with Crippen LogP contribution in [-0.2, 0) is 4.74 Å². The topological polar surface area (TPSA) is 82.5 Å². The molecule has 1 aliphatic heterocycles. The zero-order valence-corrected chi connectivity index (χ0v) is 16.8. The van der Waals surface area contributed by atoms with Gasteiger partial charge in [0.25, 0.3) is 0 Å². The van der Waals surface area contributed by atoms with Gasteiger partial charge in [-0.3, -0.25) is 0 Å². The summed E-state index contributed by atoms with van der Waals surface area (Å²) in [7, 11) is 0. The van der Waals surface area contributed by atoms with E-state index >= 15 is 0 Å². The summed E-state index contributed by atoms with van der Waals surface area (Å²) in [5, 5.41) is 0. The molecule has 2 aromatic heterocycles. The molecule has 1 aromatic carbocycles. The van der Waals surface area contributed by atoms with Crippen molar-refractivity contribution in [2.45, 2.75) is 37.9 Å². The quantitative estimate of drug-likeness (QED) is 0.638.